The highest BCUT2D eigenvalue weighted by Gasteiger charge is 2.19. The zero-order chi connectivity index (χ0) is 15.1. The van der Waals surface area contributed by atoms with Gasteiger partial charge in [-0.3, -0.25) is 4.79 Å². The van der Waals surface area contributed by atoms with Crippen LogP contribution in [0.3, 0.4) is 0 Å². The molecule has 0 unspecified atom stereocenters. The largest absolute Gasteiger partial charge is 1.00 e. The summed E-state index contributed by atoms with van der Waals surface area (Å²) in [4.78, 5) is 14.5. The number of halogens is 1. The molecule has 0 heterocycles. The van der Waals surface area contributed by atoms with Gasteiger partial charge in [0.25, 0.3) is 5.91 Å². The summed E-state index contributed by atoms with van der Waals surface area (Å²) in [5, 5.41) is 0. The molecule has 4 heteroatoms. The van der Waals surface area contributed by atoms with E-state index in [1.54, 1.807) is 0 Å². The molecule has 1 amide bonds. The molecule has 0 aromatic heterocycles. The summed E-state index contributed by atoms with van der Waals surface area (Å²) in [6.07, 6.45) is 4.22. The maximum absolute atomic E-state index is 12.5. The fraction of sp³-hybridized carbons (Fsp3) is 0.278. The quantitative estimate of drug-likeness (QED) is 0.651. The van der Waals surface area contributed by atoms with Crippen LogP contribution in [0, 0.1) is 0 Å². The molecule has 0 atom stereocenters. The van der Waals surface area contributed by atoms with Crippen LogP contribution in [0.1, 0.15) is 11.1 Å². The summed E-state index contributed by atoms with van der Waals surface area (Å²) >= 11 is 0. The first-order valence-electron chi connectivity index (χ1n) is 7.05. The third-order valence-electron chi connectivity index (χ3n) is 3.20. The second-order valence-corrected chi connectivity index (χ2v) is 7.61. The summed E-state index contributed by atoms with van der Waals surface area (Å²) in [5.41, 5.74) is 2.35. The smallest absolute Gasteiger partial charge is 0.273 e. The Labute approximate surface area is 146 Å². The van der Waals surface area contributed by atoms with Gasteiger partial charge in [-0.05, 0) is 22.0 Å². The summed E-state index contributed by atoms with van der Waals surface area (Å²) in [7, 11) is 0.127. The molecule has 0 bridgehead atoms. The Hall–Kier alpha value is -1.26. The van der Waals surface area contributed by atoms with Gasteiger partial charge in [-0.15, -0.1) is 0 Å². The fourth-order valence-corrected chi connectivity index (χ4v) is 2.85. The van der Waals surface area contributed by atoms with E-state index in [2.05, 4.69) is 36.8 Å². The number of hydrogen-bond donors (Lipinski definition) is 0. The van der Waals surface area contributed by atoms with E-state index >= 15 is 0 Å². The van der Waals surface area contributed by atoms with Crippen LogP contribution in [0.5, 0.6) is 0 Å². The van der Waals surface area contributed by atoms with Gasteiger partial charge < -0.3 is 21.9 Å². The molecule has 0 aliphatic rings. The van der Waals surface area contributed by atoms with E-state index in [9.17, 15) is 4.79 Å². The first-order chi connectivity index (χ1) is 10.1. The van der Waals surface area contributed by atoms with Gasteiger partial charge >= 0.3 is 0 Å². The molecule has 0 aliphatic heterocycles. The van der Waals surface area contributed by atoms with Gasteiger partial charge in [0.2, 0.25) is 0 Å². The molecule has 2 nitrogen and oxygen atoms in total. The number of hydrogen-bond acceptors (Lipinski definition) is 1. The van der Waals surface area contributed by atoms with Crippen molar-refractivity contribution in [3.05, 3.63) is 71.8 Å². The maximum atomic E-state index is 12.5. The van der Waals surface area contributed by atoms with Crippen molar-refractivity contribution in [1.29, 1.82) is 0 Å². The molecule has 2 rings (SSSR count). The lowest BCUT2D eigenvalue weighted by Gasteiger charge is -2.22. The zero-order valence-electron chi connectivity index (χ0n) is 13.0. The molecule has 2 aromatic carbocycles. The number of carbonyl (C=O) groups is 1. The highest BCUT2D eigenvalue weighted by molar-refractivity contribution is 7.96. The highest BCUT2D eigenvalue weighted by Crippen LogP contribution is 2.11. The van der Waals surface area contributed by atoms with Gasteiger partial charge in [0.05, 0.1) is 12.5 Å². The summed E-state index contributed by atoms with van der Waals surface area (Å²) < 4.78 is 0. The Morgan fingerprint density at radius 2 is 1.27 bits per heavy atom. The lowest BCUT2D eigenvalue weighted by molar-refractivity contribution is -0.129. The van der Waals surface area contributed by atoms with Gasteiger partial charge in [0.1, 0.15) is 0 Å². The molecule has 0 radical (unpaired) electrons. The summed E-state index contributed by atoms with van der Waals surface area (Å²) in [6, 6.07) is 20.4. The lowest BCUT2D eigenvalue weighted by atomic mass is 10.1. The Balaban J connectivity index is 0.00000242. The van der Waals surface area contributed by atoms with E-state index < -0.39 is 0 Å². The third kappa shape index (κ3) is 6.24. The fourth-order valence-electron chi connectivity index (χ4n) is 2.18. The molecule has 0 fully saturated rings. The van der Waals surface area contributed by atoms with Crippen LogP contribution in [0.2, 0.25) is 0 Å². The summed E-state index contributed by atoms with van der Waals surface area (Å²) in [5.74, 6) is 0.857. The van der Waals surface area contributed by atoms with E-state index in [4.69, 9.17) is 0 Å². The number of rotatable bonds is 6. The van der Waals surface area contributed by atoms with Crippen molar-refractivity contribution >= 4 is 16.8 Å². The van der Waals surface area contributed by atoms with Crippen LogP contribution in [-0.4, -0.2) is 29.1 Å². The molecule has 0 saturated heterocycles. The maximum Gasteiger partial charge on any atom is 0.273 e. The second kappa shape index (κ2) is 9.70. The minimum absolute atomic E-state index is 0. The zero-order valence-corrected chi connectivity index (χ0v) is 15.4. The predicted octanol–water partition coefficient (Wildman–Crippen LogP) is 0.0973. The summed E-state index contributed by atoms with van der Waals surface area (Å²) in [6.45, 7) is 1.34. The van der Waals surface area contributed by atoms with E-state index in [1.165, 1.54) is 11.1 Å². The van der Waals surface area contributed by atoms with Gasteiger partial charge in [-0.2, -0.15) is 0 Å². The Kier molecular flexibility index (Phi) is 8.28. The first-order valence-corrected chi connectivity index (χ1v) is 9.26. The van der Waals surface area contributed by atoms with Crippen molar-refractivity contribution in [3.63, 3.8) is 0 Å². The van der Waals surface area contributed by atoms with Gasteiger partial charge in [-0.1, -0.05) is 60.7 Å². The molecule has 0 N–H and O–H groups in total. The lowest BCUT2D eigenvalue weighted by Crippen LogP contribution is -3.00. The monoisotopic (exact) mass is 379 g/mol. The normalized spacial score (nSPS) is 10.1. The van der Waals surface area contributed by atoms with Gasteiger partial charge in [0.15, 0.2) is 5.75 Å². The van der Waals surface area contributed by atoms with Crippen LogP contribution in [-0.2, 0) is 28.8 Å². The molecule has 22 heavy (non-hydrogen) atoms. The number of carbonyl (C=O) groups excluding carboxylic acids is 1. The van der Waals surface area contributed by atoms with Crippen molar-refractivity contribution in [2.24, 2.45) is 0 Å². The molecule has 2 aromatic rings. The molecule has 118 valence electrons. The molecule has 0 spiro atoms. The van der Waals surface area contributed by atoms with Crippen LogP contribution >= 0.6 is 0 Å². The van der Waals surface area contributed by atoms with Crippen molar-refractivity contribution in [1.82, 2.24) is 4.90 Å². The van der Waals surface area contributed by atoms with Crippen molar-refractivity contribution in [3.8, 4) is 0 Å². The van der Waals surface area contributed by atoms with E-state index in [0.717, 1.165) is 0 Å². The number of nitrogens with zero attached hydrogens (tertiary/aromatic N) is 1. The van der Waals surface area contributed by atoms with Crippen molar-refractivity contribution < 1.29 is 21.8 Å². The second-order valence-electron chi connectivity index (χ2n) is 5.35. The predicted molar refractivity (Wildman–Crippen MR) is 91.2 cm³/mol. The van der Waals surface area contributed by atoms with Crippen LogP contribution < -0.4 is 17.0 Å². The third-order valence-corrected chi connectivity index (χ3v) is 4.02. The molecule has 0 aliphatic carbocycles. The molecule has 0 saturated carbocycles. The SMILES string of the molecule is C[S+](C)CC(=O)N(Cc1ccccc1)Cc1ccccc1.[Br-]. The Bertz CT molecular complexity index is 518. The average molecular weight is 380 g/mol. The van der Waals surface area contributed by atoms with E-state index in [0.29, 0.717) is 18.8 Å². The minimum atomic E-state index is 0. The minimum Gasteiger partial charge on any atom is -1.00 e. The van der Waals surface area contributed by atoms with E-state index in [1.807, 2.05) is 41.3 Å². The van der Waals surface area contributed by atoms with Crippen molar-refractivity contribution in [2.75, 3.05) is 18.3 Å². The van der Waals surface area contributed by atoms with Crippen LogP contribution in [0.15, 0.2) is 60.7 Å². The average Bonchev–Trinajstić information content (AvgIpc) is 2.48. The molecular formula is C18H22BrNOS. The highest BCUT2D eigenvalue weighted by atomic mass is 79.9. The Morgan fingerprint density at radius 3 is 1.64 bits per heavy atom. The van der Waals surface area contributed by atoms with Crippen molar-refractivity contribution in [2.45, 2.75) is 13.1 Å². The van der Waals surface area contributed by atoms with Crippen LogP contribution in [0.25, 0.3) is 0 Å². The standard InChI is InChI=1S/C18H22NOS.BrH/c1-21(2)15-18(20)19(13-16-9-5-3-6-10-16)14-17-11-7-4-8-12-17;/h3-12H,13-15H2,1-2H3;1H/q+1;/p-1. The Morgan fingerprint density at radius 1 is 0.864 bits per heavy atom. The van der Waals surface area contributed by atoms with Gasteiger partial charge in [0, 0.05) is 13.1 Å². The number of benzene rings is 2. The number of amides is 1. The first kappa shape index (κ1) is 18.8. The topological polar surface area (TPSA) is 20.3 Å². The molecular weight excluding hydrogens is 358 g/mol. The van der Waals surface area contributed by atoms with Crippen LogP contribution in [0.4, 0.5) is 0 Å². The van der Waals surface area contributed by atoms with E-state index in [-0.39, 0.29) is 33.8 Å². The van der Waals surface area contributed by atoms with Gasteiger partial charge in [-0.25, -0.2) is 0 Å².